The number of piperidine rings is 1. The summed E-state index contributed by atoms with van der Waals surface area (Å²) < 4.78 is 64.6. The number of aliphatic hydroxyl groups excluding tert-OH is 1. The Bertz CT molecular complexity index is 982. The minimum atomic E-state index is -3.09. The van der Waals surface area contributed by atoms with Crippen LogP contribution in [0.15, 0.2) is 12.3 Å². The molecule has 0 aromatic carbocycles. The second-order valence-electron chi connectivity index (χ2n) is 7.54. The van der Waals surface area contributed by atoms with Crippen molar-refractivity contribution in [1.82, 2.24) is 18.9 Å². The maximum atomic E-state index is 13.7. The van der Waals surface area contributed by atoms with E-state index in [9.17, 15) is 21.6 Å². The monoisotopic (exact) mass is 435 g/mol. The predicted molar refractivity (Wildman–Crippen MR) is 101 cm³/mol. The molecule has 0 bridgehead atoms. The molecule has 0 radical (unpaired) electrons. The Morgan fingerprint density at radius 1 is 1.34 bits per heavy atom. The normalized spacial score (nSPS) is 25.0. The maximum Gasteiger partial charge on any atom is 0.248 e. The van der Waals surface area contributed by atoms with Crippen LogP contribution in [0.1, 0.15) is 43.7 Å². The predicted octanol–water partition coefficient (Wildman–Crippen LogP) is 1.76. The van der Waals surface area contributed by atoms with Crippen LogP contribution in [0.4, 0.5) is 19.1 Å². The van der Waals surface area contributed by atoms with Crippen LogP contribution in [-0.4, -0.2) is 63.8 Å². The molecule has 2 aromatic rings. The molecule has 1 saturated heterocycles. The number of aliphatic hydroxyl groups is 1. The van der Waals surface area contributed by atoms with Gasteiger partial charge in [-0.1, -0.05) is 0 Å². The first-order valence-electron chi connectivity index (χ1n) is 9.27. The van der Waals surface area contributed by atoms with Gasteiger partial charge in [0.2, 0.25) is 21.9 Å². The van der Waals surface area contributed by atoms with Crippen LogP contribution in [0, 0.1) is 5.82 Å². The van der Waals surface area contributed by atoms with Crippen molar-refractivity contribution < 1.29 is 26.7 Å². The number of anilines is 1. The third-order valence-corrected chi connectivity index (χ3v) is 6.43. The van der Waals surface area contributed by atoms with E-state index in [0.717, 1.165) is 6.42 Å². The smallest absolute Gasteiger partial charge is 0.248 e. The third-order valence-electron chi connectivity index (χ3n) is 5.16. The van der Waals surface area contributed by atoms with Gasteiger partial charge in [0.25, 0.3) is 0 Å². The van der Waals surface area contributed by atoms with E-state index in [0.29, 0.717) is 25.1 Å². The molecule has 2 aliphatic rings. The molecule has 2 atom stereocenters. The Morgan fingerprint density at radius 3 is 2.62 bits per heavy atom. The summed E-state index contributed by atoms with van der Waals surface area (Å²) in [5.74, 6) is -3.60. The minimum Gasteiger partial charge on any atom is -0.392 e. The quantitative estimate of drug-likeness (QED) is 0.743. The summed E-state index contributed by atoms with van der Waals surface area (Å²) in [6.45, 7) is 0.814. The Kier molecular flexibility index (Phi) is 6.06. The summed E-state index contributed by atoms with van der Waals surface area (Å²) in [7, 11) is -3.09. The Balaban J connectivity index is 0.000000188. The highest BCUT2D eigenvalue weighted by atomic mass is 32.2. The van der Waals surface area contributed by atoms with Gasteiger partial charge >= 0.3 is 0 Å². The topological polar surface area (TPSA) is 114 Å². The zero-order valence-corrected chi connectivity index (χ0v) is 16.7. The highest BCUT2D eigenvalue weighted by Crippen LogP contribution is 2.44. The van der Waals surface area contributed by atoms with Crippen molar-refractivity contribution in [2.24, 2.45) is 0 Å². The van der Waals surface area contributed by atoms with Crippen LogP contribution >= 0.6 is 0 Å². The lowest BCUT2D eigenvalue weighted by atomic mass is 10.0. The SMILES string of the molecule is CS(=O)(=O)N1CCCC(O)C1.Nc1ncc2c(F)cc(C3CCC(F)(F)C3)n2n1. The van der Waals surface area contributed by atoms with Gasteiger partial charge in [-0.15, -0.1) is 5.10 Å². The van der Waals surface area contributed by atoms with Crippen LogP contribution in [0.25, 0.3) is 5.52 Å². The van der Waals surface area contributed by atoms with E-state index in [4.69, 9.17) is 10.8 Å². The van der Waals surface area contributed by atoms with Crippen LogP contribution < -0.4 is 5.73 Å². The van der Waals surface area contributed by atoms with Crippen molar-refractivity contribution in [2.45, 2.75) is 50.0 Å². The van der Waals surface area contributed by atoms with E-state index in [2.05, 4.69) is 10.1 Å². The second-order valence-corrected chi connectivity index (χ2v) is 9.53. The van der Waals surface area contributed by atoms with Gasteiger partial charge in [-0.3, -0.25) is 0 Å². The zero-order valence-electron chi connectivity index (χ0n) is 15.9. The van der Waals surface area contributed by atoms with Gasteiger partial charge in [0.05, 0.1) is 18.6 Å². The highest BCUT2D eigenvalue weighted by Gasteiger charge is 2.41. The lowest BCUT2D eigenvalue weighted by Crippen LogP contribution is -2.41. The lowest BCUT2D eigenvalue weighted by molar-refractivity contribution is 0.00761. The molecule has 8 nitrogen and oxygen atoms in total. The third kappa shape index (κ3) is 5.17. The molecule has 2 fully saturated rings. The first-order chi connectivity index (χ1) is 13.5. The number of nitrogens with zero attached hydrogens (tertiary/aromatic N) is 4. The number of rotatable bonds is 2. The number of sulfonamides is 1. The van der Waals surface area contributed by atoms with Gasteiger partial charge in [0.1, 0.15) is 5.52 Å². The molecule has 0 amide bonds. The van der Waals surface area contributed by atoms with Crippen LogP contribution in [0.2, 0.25) is 0 Å². The van der Waals surface area contributed by atoms with E-state index in [1.807, 2.05) is 0 Å². The molecule has 2 aromatic heterocycles. The van der Waals surface area contributed by atoms with Gasteiger partial charge in [0, 0.05) is 37.5 Å². The van der Waals surface area contributed by atoms with E-state index < -0.39 is 33.8 Å². The standard InChI is InChI=1S/C11H11F3N4.C6H13NO3S/c12-7-3-8(6-1-2-11(13,14)4-6)18-9(7)5-16-10(15)17-18;1-11(9,10)7-4-2-3-6(8)5-7/h3,5-6H,1-2,4H2,(H2,15,17);6,8H,2-5H2,1H3. The summed E-state index contributed by atoms with van der Waals surface area (Å²) in [6.07, 6.45) is 3.30. The van der Waals surface area contributed by atoms with Gasteiger partial charge in [-0.05, 0) is 25.3 Å². The lowest BCUT2D eigenvalue weighted by Gasteiger charge is -2.27. The fraction of sp³-hybridized carbons (Fsp3) is 0.647. The number of nitrogen functional groups attached to an aromatic ring is 1. The van der Waals surface area contributed by atoms with E-state index in [1.165, 1.54) is 27.3 Å². The van der Waals surface area contributed by atoms with Crippen molar-refractivity contribution in [3.63, 3.8) is 0 Å². The summed E-state index contributed by atoms with van der Waals surface area (Å²) in [4.78, 5) is 3.69. The maximum absolute atomic E-state index is 13.7. The summed E-state index contributed by atoms with van der Waals surface area (Å²) in [6, 6.07) is 1.25. The van der Waals surface area contributed by atoms with Crippen molar-refractivity contribution in [3.05, 3.63) is 23.8 Å². The average molecular weight is 435 g/mol. The van der Waals surface area contributed by atoms with Gasteiger partial charge in [0.15, 0.2) is 5.82 Å². The van der Waals surface area contributed by atoms with Crippen molar-refractivity contribution >= 4 is 21.5 Å². The Morgan fingerprint density at radius 2 is 2.07 bits per heavy atom. The first kappa shape index (κ1) is 21.8. The second kappa shape index (κ2) is 8.07. The molecule has 1 aliphatic heterocycles. The molecule has 4 rings (SSSR count). The molecule has 0 spiro atoms. The number of hydrogen-bond acceptors (Lipinski definition) is 6. The number of hydrogen-bond donors (Lipinski definition) is 2. The molecule has 3 N–H and O–H groups in total. The average Bonchev–Trinajstić information content (AvgIpc) is 3.14. The number of aromatic nitrogens is 3. The molecule has 1 saturated carbocycles. The summed E-state index contributed by atoms with van der Waals surface area (Å²) in [5.41, 5.74) is 6.04. The fourth-order valence-electron chi connectivity index (χ4n) is 3.70. The fourth-order valence-corrected chi connectivity index (χ4v) is 4.61. The van der Waals surface area contributed by atoms with Gasteiger partial charge < -0.3 is 10.8 Å². The largest absolute Gasteiger partial charge is 0.392 e. The zero-order chi connectivity index (χ0) is 21.4. The first-order valence-corrected chi connectivity index (χ1v) is 11.1. The summed E-state index contributed by atoms with van der Waals surface area (Å²) >= 11 is 0. The number of nitrogens with two attached hydrogens (primary N) is 1. The van der Waals surface area contributed by atoms with Crippen LogP contribution in [0.5, 0.6) is 0 Å². The molecular weight excluding hydrogens is 411 g/mol. The molecule has 1 aliphatic carbocycles. The minimum absolute atomic E-state index is 0.0101. The molecule has 12 heteroatoms. The van der Waals surface area contributed by atoms with Crippen molar-refractivity contribution in [3.8, 4) is 0 Å². The van der Waals surface area contributed by atoms with Gasteiger partial charge in [-0.25, -0.2) is 31.1 Å². The molecule has 29 heavy (non-hydrogen) atoms. The van der Waals surface area contributed by atoms with Gasteiger partial charge in [-0.2, -0.15) is 4.31 Å². The molecular formula is C17H24F3N5O3S. The van der Waals surface area contributed by atoms with E-state index >= 15 is 0 Å². The number of alkyl halides is 2. The van der Waals surface area contributed by atoms with Crippen molar-refractivity contribution in [2.75, 3.05) is 25.1 Å². The summed E-state index contributed by atoms with van der Waals surface area (Å²) in [5, 5.41) is 13.0. The van der Waals surface area contributed by atoms with E-state index in [-0.39, 0.29) is 30.9 Å². The Hall–Kier alpha value is -1.92. The molecule has 162 valence electrons. The number of β-amino-alcohol motifs (C(OH)–C–C–N with tert-alkyl or cyclic N) is 1. The Labute approximate surface area is 166 Å². The number of fused-ring (bicyclic) bond motifs is 1. The van der Waals surface area contributed by atoms with Crippen LogP contribution in [-0.2, 0) is 10.0 Å². The molecule has 2 unspecified atom stereocenters. The highest BCUT2D eigenvalue weighted by molar-refractivity contribution is 7.88. The molecule has 3 heterocycles. The van der Waals surface area contributed by atoms with Crippen molar-refractivity contribution in [1.29, 1.82) is 0 Å². The number of halogens is 3. The van der Waals surface area contributed by atoms with Crippen LogP contribution in [0.3, 0.4) is 0 Å². The van der Waals surface area contributed by atoms with E-state index in [1.54, 1.807) is 0 Å².